The molecule has 0 N–H and O–H groups in total. The van der Waals surface area contributed by atoms with Crippen molar-refractivity contribution in [2.75, 3.05) is 13.2 Å². The maximum atomic E-state index is 12.8. The van der Waals surface area contributed by atoms with Crippen LogP contribution < -0.4 is 0 Å². The molecule has 0 radical (unpaired) electrons. The standard InChI is InChI=1S/C17H25NO2S/c1-13-6-7-16(21-13)11-18(15-4-2-3-5-15)17(19)10-14-8-9-20-12-14/h6-7,14-15H,2-5,8-12H2,1H3/t14-/m1/s1. The Labute approximate surface area is 131 Å². The number of amides is 1. The number of ether oxygens (including phenoxy) is 1. The van der Waals surface area contributed by atoms with Crippen molar-refractivity contribution >= 4 is 17.2 Å². The highest BCUT2D eigenvalue weighted by Crippen LogP contribution is 2.28. The Balaban J connectivity index is 1.66. The van der Waals surface area contributed by atoms with Gasteiger partial charge < -0.3 is 9.64 Å². The largest absolute Gasteiger partial charge is 0.381 e. The van der Waals surface area contributed by atoms with Gasteiger partial charge in [0.15, 0.2) is 0 Å². The summed E-state index contributed by atoms with van der Waals surface area (Å²) in [5.74, 6) is 0.773. The van der Waals surface area contributed by atoms with E-state index in [1.54, 1.807) is 0 Å². The average Bonchev–Trinajstić information content (AvgIpc) is 3.17. The van der Waals surface area contributed by atoms with E-state index in [9.17, 15) is 4.79 Å². The molecule has 2 aliphatic rings. The van der Waals surface area contributed by atoms with E-state index in [0.29, 0.717) is 24.3 Å². The molecule has 0 unspecified atom stereocenters. The molecule has 4 heteroatoms. The molecule has 3 rings (SSSR count). The molecule has 21 heavy (non-hydrogen) atoms. The zero-order chi connectivity index (χ0) is 14.7. The minimum Gasteiger partial charge on any atom is -0.381 e. The molecule has 116 valence electrons. The van der Waals surface area contributed by atoms with Crippen LogP contribution in [0, 0.1) is 12.8 Å². The first kappa shape index (κ1) is 15.0. The Morgan fingerprint density at radius 1 is 1.33 bits per heavy atom. The molecule has 0 spiro atoms. The van der Waals surface area contributed by atoms with E-state index in [2.05, 4.69) is 24.0 Å². The molecule has 1 aromatic heterocycles. The maximum absolute atomic E-state index is 12.8. The molecule has 2 heterocycles. The van der Waals surface area contributed by atoms with E-state index >= 15 is 0 Å². The third-order valence-corrected chi connectivity index (χ3v) is 5.68. The van der Waals surface area contributed by atoms with Crippen LogP contribution in [0.5, 0.6) is 0 Å². The lowest BCUT2D eigenvalue weighted by Gasteiger charge is -2.29. The Morgan fingerprint density at radius 3 is 2.76 bits per heavy atom. The molecule has 1 aromatic rings. The van der Waals surface area contributed by atoms with Crippen molar-refractivity contribution < 1.29 is 9.53 Å². The van der Waals surface area contributed by atoms with Crippen LogP contribution in [-0.4, -0.2) is 30.1 Å². The molecule has 1 atom stereocenters. The lowest BCUT2D eigenvalue weighted by atomic mass is 10.0. The number of thiophene rings is 1. The van der Waals surface area contributed by atoms with Gasteiger partial charge in [0.1, 0.15) is 0 Å². The van der Waals surface area contributed by atoms with Crippen molar-refractivity contribution in [3.63, 3.8) is 0 Å². The number of hydrogen-bond acceptors (Lipinski definition) is 3. The molecule has 0 aromatic carbocycles. The lowest BCUT2D eigenvalue weighted by molar-refractivity contribution is -0.135. The van der Waals surface area contributed by atoms with Crippen LogP contribution in [0.1, 0.15) is 48.3 Å². The summed E-state index contributed by atoms with van der Waals surface area (Å²) in [6.45, 7) is 4.52. The lowest BCUT2D eigenvalue weighted by Crippen LogP contribution is -2.39. The molecular weight excluding hydrogens is 282 g/mol. The van der Waals surface area contributed by atoms with Gasteiger partial charge in [-0.25, -0.2) is 0 Å². The molecule has 1 aliphatic heterocycles. The Kier molecular flexibility index (Phi) is 4.96. The predicted octanol–water partition coefficient (Wildman–Crippen LogP) is 3.75. The van der Waals surface area contributed by atoms with Gasteiger partial charge in [-0.1, -0.05) is 12.8 Å². The zero-order valence-corrected chi connectivity index (χ0v) is 13.7. The number of nitrogens with zero attached hydrogens (tertiary/aromatic N) is 1. The summed E-state index contributed by atoms with van der Waals surface area (Å²) in [6, 6.07) is 4.79. The molecule has 3 nitrogen and oxygen atoms in total. The minimum absolute atomic E-state index is 0.337. The molecule has 1 amide bonds. The fourth-order valence-corrected chi connectivity index (χ4v) is 4.37. The zero-order valence-electron chi connectivity index (χ0n) is 12.8. The van der Waals surface area contributed by atoms with Crippen molar-refractivity contribution in [2.24, 2.45) is 5.92 Å². The monoisotopic (exact) mass is 307 g/mol. The highest BCUT2D eigenvalue weighted by Gasteiger charge is 2.29. The van der Waals surface area contributed by atoms with E-state index in [1.807, 2.05) is 11.3 Å². The quantitative estimate of drug-likeness (QED) is 0.829. The van der Waals surface area contributed by atoms with Crippen molar-refractivity contribution in [3.8, 4) is 0 Å². The summed E-state index contributed by atoms with van der Waals surface area (Å²) in [4.78, 5) is 17.6. The molecular formula is C17H25NO2S. The van der Waals surface area contributed by atoms with Gasteiger partial charge in [-0.15, -0.1) is 11.3 Å². The van der Waals surface area contributed by atoms with Crippen LogP contribution >= 0.6 is 11.3 Å². The van der Waals surface area contributed by atoms with Crippen molar-refractivity contribution in [2.45, 2.75) is 58.0 Å². The number of rotatable bonds is 5. The summed E-state index contributed by atoms with van der Waals surface area (Å²) in [6.07, 6.45) is 6.60. The third-order valence-electron chi connectivity index (χ3n) is 4.70. The summed E-state index contributed by atoms with van der Waals surface area (Å²) >= 11 is 1.82. The first-order valence-electron chi connectivity index (χ1n) is 8.15. The van der Waals surface area contributed by atoms with Crippen molar-refractivity contribution in [1.82, 2.24) is 4.90 Å². The summed E-state index contributed by atoms with van der Waals surface area (Å²) in [5, 5.41) is 0. The van der Waals surface area contributed by atoms with Gasteiger partial charge in [0.2, 0.25) is 5.91 Å². The fourth-order valence-electron chi connectivity index (χ4n) is 3.48. The Bertz CT molecular complexity index is 473. The van der Waals surface area contributed by atoms with E-state index in [0.717, 1.165) is 26.2 Å². The highest BCUT2D eigenvalue weighted by atomic mass is 32.1. The Morgan fingerprint density at radius 2 is 2.14 bits per heavy atom. The van der Waals surface area contributed by atoms with E-state index in [4.69, 9.17) is 4.74 Å². The predicted molar refractivity (Wildman–Crippen MR) is 85.4 cm³/mol. The maximum Gasteiger partial charge on any atom is 0.223 e. The first-order valence-corrected chi connectivity index (χ1v) is 8.96. The van der Waals surface area contributed by atoms with Crippen LogP contribution in [0.15, 0.2) is 12.1 Å². The molecule has 0 bridgehead atoms. The average molecular weight is 307 g/mol. The van der Waals surface area contributed by atoms with E-state index in [-0.39, 0.29) is 0 Å². The second-order valence-corrected chi connectivity index (χ2v) is 7.78. The summed E-state index contributed by atoms with van der Waals surface area (Å²) in [5.41, 5.74) is 0. The van der Waals surface area contributed by atoms with Crippen LogP contribution in [0.2, 0.25) is 0 Å². The van der Waals surface area contributed by atoms with Gasteiger partial charge in [-0.05, 0) is 44.2 Å². The number of aryl methyl sites for hydroxylation is 1. The van der Waals surface area contributed by atoms with Crippen LogP contribution in [0.25, 0.3) is 0 Å². The van der Waals surface area contributed by atoms with Crippen LogP contribution in [0.4, 0.5) is 0 Å². The van der Waals surface area contributed by atoms with Gasteiger partial charge in [0.05, 0.1) is 6.54 Å². The van der Waals surface area contributed by atoms with E-state index in [1.165, 1.54) is 35.4 Å². The van der Waals surface area contributed by atoms with Gasteiger partial charge in [-0.2, -0.15) is 0 Å². The number of carbonyl (C=O) groups is 1. The van der Waals surface area contributed by atoms with Crippen molar-refractivity contribution in [3.05, 3.63) is 21.9 Å². The van der Waals surface area contributed by atoms with Crippen LogP contribution in [0.3, 0.4) is 0 Å². The second kappa shape index (κ2) is 6.93. The Hall–Kier alpha value is -0.870. The molecule has 2 fully saturated rings. The summed E-state index contributed by atoms with van der Waals surface area (Å²) < 4.78 is 5.42. The molecule has 1 saturated carbocycles. The minimum atomic E-state index is 0.337. The highest BCUT2D eigenvalue weighted by molar-refractivity contribution is 7.11. The van der Waals surface area contributed by atoms with E-state index < -0.39 is 0 Å². The first-order chi connectivity index (χ1) is 10.2. The van der Waals surface area contributed by atoms with Gasteiger partial charge in [-0.3, -0.25) is 4.79 Å². The smallest absolute Gasteiger partial charge is 0.223 e. The molecule has 1 saturated heterocycles. The third kappa shape index (κ3) is 3.86. The topological polar surface area (TPSA) is 29.5 Å². The fraction of sp³-hybridized carbons (Fsp3) is 0.706. The van der Waals surface area contributed by atoms with Gasteiger partial charge in [0.25, 0.3) is 0 Å². The summed E-state index contributed by atoms with van der Waals surface area (Å²) in [7, 11) is 0. The van der Waals surface area contributed by atoms with Gasteiger partial charge in [0, 0.05) is 35.4 Å². The molecule has 1 aliphatic carbocycles. The second-order valence-electron chi connectivity index (χ2n) is 6.41. The number of carbonyl (C=O) groups excluding carboxylic acids is 1. The SMILES string of the molecule is Cc1ccc(CN(C(=O)C[C@H]2CCOC2)C2CCCC2)s1. The number of hydrogen-bond donors (Lipinski definition) is 0. The van der Waals surface area contributed by atoms with Crippen LogP contribution in [-0.2, 0) is 16.1 Å². The van der Waals surface area contributed by atoms with Gasteiger partial charge >= 0.3 is 0 Å². The van der Waals surface area contributed by atoms with Crippen molar-refractivity contribution in [1.29, 1.82) is 0 Å². The normalized spacial score (nSPS) is 22.8.